The van der Waals surface area contributed by atoms with Gasteiger partial charge < -0.3 is 34.3 Å². The molecule has 0 rings (SSSR count). The summed E-state index contributed by atoms with van der Waals surface area (Å²) in [6, 6.07) is -0.965. The van der Waals surface area contributed by atoms with E-state index in [0.29, 0.717) is 52.5 Å². The molecule has 11 nitrogen and oxygen atoms in total. The van der Waals surface area contributed by atoms with E-state index in [1.54, 1.807) is 14.2 Å². The van der Waals surface area contributed by atoms with Gasteiger partial charge in [-0.15, -0.1) is 0 Å². The van der Waals surface area contributed by atoms with Crippen molar-refractivity contribution in [3.63, 3.8) is 0 Å². The van der Waals surface area contributed by atoms with E-state index >= 15 is 0 Å². The van der Waals surface area contributed by atoms with E-state index in [4.69, 9.17) is 23.7 Å². The number of carbonyl (C=O) groups is 3. The monoisotopic (exact) mass is 890 g/mol. The molecule has 1 unspecified atom stereocenters. The van der Waals surface area contributed by atoms with Crippen molar-refractivity contribution in [2.45, 2.75) is 194 Å². The molecule has 1 atom stereocenters. The Labute approximate surface area is 386 Å². The molecule has 0 radical (unpaired) electrons. The van der Waals surface area contributed by atoms with Crippen LogP contribution in [0.25, 0.3) is 0 Å². The smallest absolute Gasteiger partial charge is 0.330 e. The molecule has 0 aliphatic rings. The zero-order chi connectivity index (χ0) is 46.1. The molecule has 2 N–H and O–H groups in total. The van der Waals surface area contributed by atoms with E-state index < -0.39 is 18.3 Å². The second-order valence-electron chi connectivity index (χ2n) is 16.5. The highest BCUT2D eigenvalue weighted by atomic mass is 16.7. The van der Waals surface area contributed by atoms with Gasteiger partial charge >= 0.3 is 5.97 Å². The topological polar surface area (TPSA) is 125 Å². The van der Waals surface area contributed by atoms with E-state index in [0.717, 1.165) is 83.5 Å². The Morgan fingerprint density at radius 2 is 1.00 bits per heavy atom. The molecule has 0 fully saturated rings. The van der Waals surface area contributed by atoms with Gasteiger partial charge in [-0.2, -0.15) is 0 Å². The minimum atomic E-state index is -0.965. The van der Waals surface area contributed by atoms with Gasteiger partial charge in [-0.3, -0.25) is 14.5 Å². The Morgan fingerprint density at radius 3 is 1.49 bits per heavy atom. The molecule has 0 spiro atoms. The summed E-state index contributed by atoms with van der Waals surface area (Å²) in [5, 5.41) is 5.74. The number of allylic oxidation sites excluding steroid dienone is 8. The summed E-state index contributed by atoms with van der Waals surface area (Å²) in [5.74, 6) is -0.930. The molecule has 0 heterocycles. The lowest BCUT2D eigenvalue weighted by molar-refractivity contribution is -0.164. The van der Waals surface area contributed by atoms with Crippen molar-refractivity contribution in [1.29, 1.82) is 0 Å². The number of methoxy groups -OCH3 is 2. The molecule has 0 saturated heterocycles. The van der Waals surface area contributed by atoms with Crippen LogP contribution in [-0.4, -0.2) is 108 Å². The second-order valence-corrected chi connectivity index (χ2v) is 16.5. The number of carbonyl (C=O) groups excluding carboxylic acids is 3. The Bertz CT molecular complexity index is 1150. The second kappa shape index (κ2) is 48.6. The first-order chi connectivity index (χ1) is 30.9. The third-order valence-corrected chi connectivity index (χ3v) is 10.8. The summed E-state index contributed by atoms with van der Waals surface area (Å²) in [6.07, 6.45) is 44.1. The largest absolute Gasteiger partial charge is 0.464 e. The van der Waals surface area contributed by atoms with Crippen LogP contribution in [0.2, 0.25) is 0 Å². The van der Waals surface area contributed by atoms with Gasteiger partial charge in [-0.05, 0) is 83.6 Å². The summed E-state index contributed by atoms with van der Waals surface area (Å²) in [6.45, 7) is 9.99. The molecule has 0 bridgehead atoms. The Balaban J connectivity index is 4.81. The maximum atomic E-state index is 13.3. The summed E-state index contributed by atoms with van der Waals surface area (Å²) in [4.78, 5) is 41.4. The van der Waals surface area contributed by atoms with Gasteiger partial charge in [0.2, 0.25) is 11.8 Å². The van der Waals surface area contributed by atoms with Crippen LogP contribution in [0.5, 0.6) is 0 Å². The number of hydrogen-bond acceptors (Lipinski definition) is 9. The number of esters is 1. The summed E-state index contributed by atoms with van der Waals surface area (Å²) < 4.78 is 27.6. The number of ether oxygens (including phenoxy) is 5. The fourth-order valence-electron chi connectivity index (χ4n) is 6.75. The lowest BCUT2D eigenvalue weighted by atomic mass is 10.1. The van der Waals surface area contributed by atoms with Crippen molar-refractivity contribution in [2.75, 3.05) is 73.4 Å². The molecule has 0 aliphatic carbocycles. The van der Waals surface area contributed by atoms with Gasteiger partial charge in [0.1, 0.15) is 6.04 Å². The molecule has 0 aromatic rings. The van der Waals surface area contributed by atoms with E-state index in [1.807, 2.05) is 6.92 Å². The lowest BCUT2D eigenvalue weighted by Crippen LogP contribution is -2.50. The van der Waals surface area contributed by atoms with E-state index in [-0.39, 0.29) is 31.4 Å². The summed E-state index contributed by atoms with van der Waals surface area (Å²) in [5.41, 5.74) is 0. The Hall–Kier alpha value is -2.83. The highest BCUT2D eigenvalue weighted by Gasteiger charge is 2.24. The highest BCUT2D eigenvalue weighted by Crippen LogP contribution is 2.11. The molecule has 0 aliphatic heterocycles. The van der Waals surface area contributed by atoms with Crippen molar-refractivity contribution < 1.29 is 38.1 Å². The summed E-state index contributed by atoms with van der Waals surface area (Å²) in [7, 11) is 3.24. The highest BCUT2D eigenvalue weighted by molar-refractivity contribution is 5.85. The molecular weight excluding hydrogens is 795 g/mol. The minimum absolute atomic E-state index is 0.00634. The first-order valence-corrected chi connectivity index (χ1v) is 25.2. The molecule has 63 heavy (non-hydrogen) atoms. The molecule has 2 amide bonds. The summed E-state index contributed by atoms with van der Waals surface area (Å²) >= 11 is 0. The molecular formula is C52H95N3O8. The number of unbranched alkanes of at least 4 members (excludes halogenated alkanes) is 17. The zero-order valence-electron chi connectivity index (χ0n) is 41.0. The van der Waals surface area contributed by atoms with Gasteiger partial charge in [-0.25, -0.2) is 4.79 Å². The Kier molecular flexibility index (Phi) is 46.4. The molecule has 366 valence electrons. The third-order valence-electron chi connectivity index (χ3n) is 10.8. The van der Waals surface area contributed by atoms with Crippen molar-refractivity contribution in [3.8, 4) is 0 Å². The predicted molar refractivity (Wildman–Crippen MR) is 261 cm³/mol. The van der Waals surface area contributed by atoms with Crippen LogP contribution in [0.3, 0.4) is 0 Å². The number of nitrogens with one attached hydrogen (secondary N) is 2. The number of rotatable bonds is 47. The van der Waals surface area contributed by atoms with Gasteiger partial charge in [0.05, 0.1) is 33.0 Å². The standard InChI is InChI=1S/C52H95N3O8/c1-6-9-11-13-15-17-19-21-23-25-27-29-31-33-35-37-41-63-52(58)48(54-50(57)39-40-55(8-3)47-51(61-44-42-59-4)62-45-43-60-5)46-53-49(56)38-36-34-32-30-28-26-24-22-20-18-16-14-12-10-7-2/h15-18,21-24,48,51H,6-14,19-20,25-47H2,1-5H3,(H,53,56)(H,54,57)/b17-15-,18-16-,23-21-,24-22-. The number of amides is 2. The normalized spacial score (nSPS) is 12.6. The van der Waals surface area contributed by atoms with Crippen molar-refractivity contribution >= 4 is 17.8 Å². The van der Waals surface area contributed by atoms with Crippen LogP contribution < -0.4 is 10.6 Å². The minimum Gasteiger partial charge on any atom is -0.464 e. The molecule has 0 saturated carbocycles. The average molecular weight is 890 g/mol. The zero-order valence-corrected chi connectivity index (χ0v) is 41.0. The number of hydrogen-bond donors (Lipinski definition) is 2. The van der Waals surface area contributed by atoms with E-state index in [1.165, 1.54) is 64.2 Å². The first kappa shape index (κ1) is 60.2. The van der Waals surface area contributed by atoms with Crippen LogP contribution in [0.4, 0.5) is 0 Å². The van der Waals surface area contributed by atoms with Crippen LogP contribution in [0.1, 0.15) is 181 Å². The SMILES string of the molecule is CCCCC/C=C\C/C=C\CCCCCCCCOC(=O)C(CNC(=O)CCCCCCC/C=C\C/C=C\CCCCC)NC(=O)CCN(CC)CC(OCCOC)OCCOC. The fraction of sp³-hybridized carbons (Fsp3) is 0.788. The fourth-order valence-corrected chi connectivity index (χ4v) is 6.75. The van der Waals surface area contributed by atoms with Crippen LogP contribution in [0.15, 0.2) is 48.6 Å². The molecule has 0 aromatic heterocycles. The molecule has 11 heteroatoms. The van der Waals surface area contributed by atoms with Gasteiger partial charge in [-0.1, -0.05) is 140 Å². The average Bonchev–Trinajstić information content (AvgIpc) is 3.28. The number of nitrogens with zero attached hydrogens (tertiary/aromatic N) is 1. The van der Waals surface area contributed by atoms with Gasteiger partial charge in [0.15, 0.2) is 6.29 Å². The molecule has 0 aromatic carbocycles. The van der Waals surface area contributed by atoms with E-state index in [2.05, 4.69) is 78.0 Å². The number of likely N-dealkylation sites (N-methyl/N-ethyl adjacent to an activating group) is 1. The predicted octanol–water partition coefficient (Wildman–Crippen LogP) is 11.1. The van der Waals surface area contributed by atoms with Crippen molar-refractivity contribution in [1.82, 2.24) is 15.5 Å². The Morgan fingerprint density at radius 1 is 0.524 bits per heavy atom. The lowest BCUT2D eigenvalue weighted by Gasteiger charge is -2.27. The van der Waals surface area contributed by atoms with Crippen molar-refractivity contribution in [2.24, 2.45) is 0 Å². The van der Waals surface area contributed by atoms with Crippen LogP contribution in [0, 0.1) is 0 Å². The maximum Gasteiger partial charge on any atom is 0.330 e. The van der Waals surface area contributed by atoms with Crippen molar-refractivity contribution in [3.05, 3.63) is 48.6 Å². The first-order valence-electron chi connectivity index (χ1n) is 25.2. The van der Waals surface area contributed by atoms with Crippen LogP contribution in [-0.2, 0) is 38.1 Å². The quantitative estimate of drug-likeness (QED) is 0.0266. The van der Waals surface area contributed by atoms with E-state index in [9.17, 15) is 14.4 Å². The van der Waals surface area contributed by atoms with Crippen LogP contribution >= 0.6 is 0 Å². The maximum absolute atomic E-state index is 13.3. The van der Waals surface area contributed by atoms with Gasteiger partial charge in [0, 0.05) is 46.7 Å². The van der Waals surface area contributed by atoms with Gasteiger partial charge in [0.25, 0.3) is 0 Å². The third kappa shape index (κ3) is 42.9.